The first kappa shape index (κ1) is 22.3. The van der Waals surface area contributed by atoms with Gasteiger partial charge in [-0.05, 0) is 58.7 Å². The van der Waals surface area contributed by atoms with E-state index < -0.39 is 17.8 Å². The SMILES string of the molecule is O=C(O)C=Cc1cccc(-c2ccc3c(c2)C(=CNCc2ccc(O)c(O)c2)C(=O)NC3=O)c1. The van der Waals surface area contributed by atoms with E-state index in [1.807, 2.05) is 12.1 Å². The van der Waals surface area contributed by atoms with Crippen molar-refractivity contribution < 1.29 is 29.7 Å². The summed E-state index contributed by atoms with van der Waals surface area (Å²) in [4.78, 5) is 35.7. The molecule has 0 fully saturated rings. The monoisotopic (exact) mass is 456 g/mol. The number of carbonyl (C=O) groups is 3. The van der Waals surface area contributed by atoms with Crippen molar-refractivity contribution in [3.05, 3.63) is 95.2 Å². The molecule has 1 heterocycles. The van der Waals surface area contributed by atoms with Crippen LogP contribution in [0.2, 0.25) is 0 Å². The average Bonchev–Trinajstić information content (AvgIpc) is 2.82. The Labute approximate surface area is 194 Å². The van der Waals surface area contributed by atoms with Gasteiger partial charge in [0.2, 0.25) is 0 Å². The number of imide groups is 1. The van der Waals surface area contributed by atoms with Crippen LogP contribution in [0.3, 0.4) is 0 Å². The van der Waals surface area contributed by atoms with Gasteiger partial charge in [-0.3, -0.25) is 14.9 Å². The van der Waals surface area contributed by atoms with Crippen molar-refractivity contribution in [1.82, 2.24) is 10.6 Å². The number of amides is 2. The fraction of sp³-hybridized carbons (Fsp3) is 0.0385. The molecule has 0 saturated heterocycles. The summed E-state index contributed by atoms with van der Waals surface area (Å²) in [7, 11) is 0. The lowest BCUT2D eigenvalue weighted by Gasteiger charge is -2.19. The predicted molar refractivity (Wildman–Crippen MR) is 126 cm³/mol. The zero-order chi connectivity index (χ0) is 24.2. The molecule has 0 spiro atoms. The lowest BCUT2D eigenvalue weighted by Crippen LogP contribution is -2.37. The number of phenols is 2. The number of phenolic OH excluding ortho intramolecular Hbond substituents is 2. The Hall–Kier alpha value is -4.85. The van der Waals surface area contributed by atoms with Gasteiger partial charge in [-0.25, -0.2) is 4.79 Å². The first-order valence-corrected chi connectivity index (χ1v) is 10.3. The average molecular weight is 456 g/mol. The van der Waals surface area contributed by atoms with E-state index in [1.54, 1.807) is 36.4 Å². The van der Waals surface area contributed by atoms with Crippen molar-refractivity contribution in [2.24, 2.45) is 0 Å². The molecule has 8 nitrogen and oxygen atoms in total. The number of hydrogen-bond acceptors (Lipinski definition) is 6. The lowest BCUT2D eigenvalue weighted by atomic mass is 9.91. The fourth-order valence-electron chi connectivity index (χ4n) is 3.59. The van der Waals surface area contributed by atoms with E-state index >= 15 is 0 Å². The van der Waals surface area contributed by atoms with Crippen LogP contribution >= 0.6 is 0 Å². The number of rotatable bonds is 6. The Morgan fingerprint density at radius 2 is 1.68 bits per heavy atom. The van der Waals surface area contributed by atoms with E-state index in [-0.39, 0.29) is 23.6 Å². The molecule has 0 bridgehead atoms. The Balaban J connectivity index is 1.66. The molecule has 3 aromatic rings. The van der Waals surface area contributed by atoms with Crippen LogP contribution in [-0.4, -0.2) is 33.1 Å². The molecule has 1 aliphatic heterocycles. The van der Waals surface area contributed by atoms with Gasteiger partial charge in [0.05, 0.1) is 5.57 Å². The normalized spacial score (nSPS) is 14.2. The molecule has 0 radical (unpaired) electrons. The van der Waals surface area contributed by atoms with Gasteiger partial charge in [0.25, 0.3) is 11.8 Å². The zero-order valence-corrected chi connectivity index (χ0v) is 17.8. The van der Waals surface area contributed by atoms with Gasteiger partial charge in [0.1, 0.15) is 0 Å². The van der Waals surface area contributed by atoms with Gasteiger partial charge in [0, 0.05) is 29.9 Å². The molecule has 0 atom stereocenters. The number of aromatic hydroxyl groups is 2. The van der Waals surface area contributed by atoms with Gasteiger partial charge >= 0.3 is 5.97 Å². The molecule has 8 heteroatoms. The predicted octanol–water partition coefficient (Wildman–Crippen LogP) is 3.26. The molecule has 1 aliphatic rings. The molecule has 0 saturated carbocycles. The molecule has 3 aromatic carbocycles. The zero-order valence-electron chi connectivity index (χ0n) is 17.8. The van der Waals surface area contributed by atoms with Crippen LogP contribution in [0.1, 0.15) is 27.0 Å². The summed E-state index contributed by atoms with van der Waals surface area (Å²) in [5, 5.41) is 33.3. The van der Waals surface area contributed by atoms with Gasteiger partial charge in [0.15, 0.2) is 11.5 Å². The number of aliphatic carboxylic acids is 1. The summed E-state index contributed by atoms with van der Waals surface area (Å²) in [6.45, 7) is 0.269. The topological polar surface area (TPSA) is 136 Å². The lowest BCUT2D eigenvalue weighted by molar-refractivity contribution is -0.131. The van der Waals surface area contributed by atoms with Crippen molar-refractivity contribution in [2.75, 3.05) is 0 Å². The molecular weight excluding hydrogens is 436 g/mol. The summed E-state index contributed by atoms with van der Waals surface area (Å²) in [6.07, 6.45) is 4.03. The van der Waals surface area contributed by atoms with E-state index in [9.17, 15) is 24.6 Å². The van der Waals surface area contributed by atoms with E-state index in [4.69, 9.17) is 5.11 Å². The first-order chi connectivity index (χ1) is 16.3. The smallest absolute Gasteiger partial charge is 0.328 e. The quantitative estimate of drug-likeness (QED) is 0.218. The third-order valence-electron chi connectivity index (χ3n) is 5.26. The Morgan fingerprint density at radius 1 is 0.882 bits per heavy atom. The second-order valence-electron chi connectivity index (χ2n) is 7.60. The molecule has 4 rings (SSSR count). The maximum Gasteiger partial charge on any atom is 0.328 e. The Bertz CT molecular complexity index is 1370. The van der Waals surface area contributed by atoms with Gasteiger partial charge < -0.3 is 20.6 Å². The van der Waals surface area contributed by atoms with Crippen LogP contribution in [0.25, 0.3) is 22.8 Å². The maximum atomic E-state index is 12.6. The molecule has 5 N–H and O–H groups in total. The standard InChI is InChI=1S/C26H20N2O6/c29-22-8-4-16(11-23(22)30)13-27-14-21-20-12-18(6-7-19(20)25(33)28-26(21)34)17-3-1-2-15(10-17)5-9-24(31)32/h1-12,14,27,29-30H,13H2,(H,31,32)(H,28,33,34). The van der Waals surface area contributed by atoms with Crippen LogP contribution in [0.4, 0.5) is 0 Å². The molecule has 0 unspecified atom stereocenters. The Morgan fingerprint density at radius 3 is 2.44 bits per heavy atom. The second-order valence-corrected chi connectivity index (χ2v) is 7.60. The number of carboxylic acids is 1. The van der Waals surface area contributed by atoms with Crippen molar-refractivity contribution >= 4 is 29.4 Å². The third kappa shape index (κ3) is 4.81. The minimum Gasteiger partial charge on any atom is -0.504 e. The van der Waals surface area contributed by atoms with Gasteiger partial charge in [-0.15, -0.1) is 0 Å². The van der Waals surface area contributed by atoms with Crippen molar-refractivity contribution in [3.8, 4) is 22.6 Å². The molecule has 0 aliphatic carbocycles. The Kier molecular flexibility index (Phi) is 6.13. The molecule has 170 valence electrons. The first-order valence-electron chi connectivity index (χ1n) is 10.3. The fourth-order valence-corrected chi connectivity index (χ4v) is 3.59. The highest BCUT2D eigenvalue weighted by molar-refractivity contribution is 6.31. The highest BCUT2D eigenvalue weighted by atomic mass is 16.4. The van der Waals surface area contributed by atoms with E-state index in [0.717, 1.165) is 17.2 Å². The van der Waals surface area contributed by atoms with E-state index in [1.165, 1.54) is 24.4 Å². The highest BCUT2D eigenvalue weighted by Crippen LogP contribution is 2.30. The third-order valence-corrected chi connectivity index (χ3v) is 5.26. The summed E-state index contributed by atoms with van der Waals surface area (Å²) in [5.74, 6) is -2.56. The van der Waals surface area contributed by atoms with Gasteiger partial charge in [-0.2, -0.15) is 0 Å². The van der Waals surface area contributed by atoms with Crippen LogP contribution in [0, 0.1) is 0 Å². The van der Waals surface area contributed by atoms with E-state index in [2.05, 4.69) is 10.6 Å². The molecule has 34 heavy (non-hydrogen) atoms. The minimum atomic E-state index is -1.05. The van der Waals surface area contributed by atoms with Crippen molar-refractivity contribution in [2.45, 2.75) is 6.54 Å². The number of nitrogens with one attached hydrogen (secondary N) is 2. The number of fused-ring (bicyclic) bond motifs is 1. The molecular formula is C26H20N2O6. The number of hydrogen-bond donors (Lipinski definition) is 5. The summed E-state index contributed by atoms with van der Waals surface area (Å²) >= 11 is 0. The second kappa shape index (κ2) is 9.33. The number of benzene rings is 3. The van der Waals surface area contributed by atoms with E-state index in [0.29, 0.717) is 22.3 Å². The summed E-state index contributed by atoms with van der Waals surface area (Å²) in [5.41, 5.74) is 3.99. The van der Waals surface area contributed by atoms with Crippen LogP contribution in [0.5, 0.6) is 11.5 Å². The van der Waals surface area contributed by atoms with Crippen molar-refractivity contribution in [1.29, 1.82) is 0 Å². The van der Waals surface area contributed by atoms with Crippen LogP contribution in [-0.2, 0) is 16.1 Å². The maximum absolute atomic E-state index is 12.6. The highest BCUT2D eigenvalue weighted by Gasteiger charge is 2.27. The van der Waals surface area contributed by atoms with Crippen molar-refractivity contribution in [3.63, 3.8) is 0 Å². The van der Waals surface area contributed by atoms with Gasteiger partial charge in [-0.1, -0.05) is 30.3 Å². The molecule has 2 amide bonds. The largest absolute Gasteiger partial charge is 0.504 e. The summed E-state index contributed by atoms with van der Waals surface area (Å²) in [6, 6.07) is 16.8. The number of carbonyl (C=O) groups excluding carboxylic acids is 2. The number of carboxylic acid groups (broad SMARTS) is 1. The van der Waals surface area contributed by atoms with Crippen LogP contribution in [0.15, 0.2) is 72.9 Å². The van der Waals surface area contributed by atoms with Crippen LogP contribution < -0.4 is 10.6 Å². The summed E-state index contributed by atoms with van der Waals surface area (Å²) < 4.78 is 0. The minimum absolute atomic E-state index is 0.226. The molecule has 0 aromatic heterocycles.